The molecule has 0 spiro atoms. The van der Waals surface area contributed by atoms with Crippen LogP contribution in [0.5, 0.6) is 0 Å². The van der Waals surface area contributed by atoms with E-state index in [-0.39, 0.29) is 0 Å². The van der Waals surface area contributed by atoms with Crippen LogP contribution in [0.3, 0.4) is 0 Å². The van der Waals surface area contributed by atoms with Gasteiger partial charge in [-0.25, -0.2) is 9.59 Å². The first-order chi connectivity index (χ1) is 10.8. The zero-order chi connectivity index (χ0) is 17.0. The van der Waals surface area contributed by atoms with Gasteiger partial charge in [-0.2, -0.15) is 0 Å². The fourth-order valence-electron chi connectivity index (χ4n) is 2.83. The first-order valence-electron chi connectivity index (χ1n) is 8.07. The van der Waals surface area contributed by atoms with E-state index in [0.29, 0.717) is 13.0 Å². The van der Waals surface area contributed by atoms with Crippen LogP contribution in [-0.4, -0.2) is 40.3 Å². The highest BCUT2D eigenvalue weighted by atomic mass is 16.6. The molecule has 5 heteroatoms. The Morgan fingerprint density at radius 2 is 1.83 bits per heavy atom. The van der Waals surface area contributed by atoms with Gasteiger partial charge in [-0.05, 0) is 51.2 Å². The average Bonchev–Trinajstić information content (AvgIpc) is 2.53. The molecular weight excluding hydrogens is 294 g/mol. The molecule has 1 amide bonds. The Labute approximate surface area is 137 Å². The van der Waals surface area contributed by atoms with Crippen LogP contribution >= 0.6 is 0 Å². The van der Waals surface area contributed by atoms with Crippen molar-refractivity contribution in [2.45, 2.75) is 58.1 Å². The molecule has 0 bridgehead atoms. The van der Waals surface area contributed by atoms with Crippen molar-refractivity contribution in [2.75, 3.05) is 6.54 Å². The van der Waals surface area contributed by atoms with Gasteiger partial charge in [-0.3, -0.25) is 4.90 Å². The van der Waals surface area contributed by atoms with Gasteiger partial charge in [-0.1, -0.05) is 24.3 Å². The lowest BCUT2D eigenvalue weighted by Crippen LogP contribution is -2.48. The number of aryl methyl sites for hydroxylation is 1. The van der Waals surface area contributed by atoms with E-state index in [9.17, 15) is 14.7 Å². The maximum Gasteiger partial charge on any atom is 0.411 e. The van der Waals surface area contributed by atoms with Crippen LogP contribution in [-0.2, 0) is 22.4 Å². The van der Waals surface area contributed by atoms with E-state index in [0.717, 1.165) is 24.8 Å². The van der Waals surface area contributed by atoms with E-state index in [1.165, 1.54) is 10.5 Å². The van der Waals surface area contributed by atoms with Crippen LogP contribution in [0.1, 0.15) is 44.7 Å². The van der Waals surface area contributed by atoms with Crippen molar-refractivity contribution in [1.29, 1.82) is 0 Å². The third-order valence-corrected chi connectivity index (χ3v) is 3.92. The molecule has 1 aliphatic heterocycles. The minimum atomic E-state index is -0.993. The zero-order valence-corrected chi connectivity index (χ0v) is 14.0. The number of ether oxygens (including phenoxy) is 1. The lowest BCUT2D eigenvalue weighted by molar-refractivity contribution is -0.143. The van der Waals surface area contributed by atoms with Gasteiger partial charge in [0.05, 0.1) is 0 Å². The van der Waals surface area contributed by atoms with Gasteiger partial charge >= 0.3 is 12.1 Å². The molecule has 0 radical (unpaired) electrons. The number of nitrogens with zero attached hydrogens (tertiary/aromatic N) is 1. The Morgan fingerprint density at radius 1 is 1.17 bits per heavy atom. The lowest BCUT2D eigenvalue weighted by atomic mass is 9.97. The number of amides is 1. The Hall–Kier alpha value is -2.04. The van der Waals surface area contributed by atoms with Crippen LogP contribution in [0.25, 0.3) is 0 Å². The molecule has 2 rings (SSSR count). The number of aliphatic carboxylic acids is 1. The number of carboxylic acids is 1. The number of carbonyl (C=O) groups excluding carboxylic acids is 1. The summed E-state index contributed by atoms with van der Waals surface area (Å²) in [6, 6.07) is 6.97. The summed E-state index contributed by atoms with van der Waals surface area (Å²) in [4.78, 5) is 25.6. The number of carboxylic acid groups (broad SMARTS) is 1. The molecule has 1 aliphatic rings. The topological polar surface area (TPSA) is 66.8 Å². The molecule has 5 nitrogen and oxygen atoms in total. The second-order valence-electron chi connectivity index (χ2n) is 6.96. The Balaban J connectivity index is 2.30. The SMILES string of the molecule is CC(C)(C)OC(=O)N1CCCCc2ccccc2CC1C(=O)O. The van der Waals surface area contributed by atoms with Gasteiger partial charge < -0.3 is 9.84 Å². The van der Waals surface area contributed by atoms with Crippen molar-refractivity contribution in [3.8, 4) is 0 Å². The summed E-state index contributed by atoms with van der Waals surface area (Å²) in [5, 5.41) is 9.64. The van der Waals surface area contributed by atoms with Gasteiger partial charge in [0.2, 0.25) is 0 Å². The summed E-state index contributed by atoms with van der Waals surface area (Å²) in [7, 11) is 0. The highest BCUT2D eigenvalue weighted by Crippen LogP contribution is 2.21. The van der Waals surface area contributed by atoms with Crippen LogP contribution in [0.4, 0.5) is 4.79 Å². The Kier molecular flexibility index (Phi) is 5.29. The summed E-state index contributed by atoms with van der Waals surface area (Å²) < 4.78 is 5.41. The third kappa shape index (κ3) is 4.71. The summed E-state index contributed by atoms with van der Waals surface area (Å²) >= 11 is 0. The number of benzene rings is 1. The van der Waals surface area contributed by atoms with Crippen molar-refractivity contribution >= 4 is 12.1 Å². The molecule has 23 heavy (non-hydrogen) atoms. The first kappa shape index (κ1) is 17.3. The summed E-state index contributed by atoms with van der Waals surface area (Å²) in [6.07, 6.45) is 2.35. The van der Waals surface area contributed by atoms with Crippen molar-refractivity contribution in [3.63, 3.8) is 0 Å². The first-order valence-corrected chi connectivity index (χ1v) is 8.07. The van der Waals surface area contributed by atoms with Gasteiger partial charge in [0.25, 0.3) is 0 Å². The van der Waals surface area contributed by atoms with Gasteiger partial charge in [0, 0.05) is 13.0 Å². The monoisotopic (exact) mass is 319 g/mol. The van der Waals surface area contributed by atoms with E-state index in [2.05, 4.69) is 0 Å². The van der Waals surface area contributed by atoms with E-state index in [1.807, 2.05) is 24.3 Å². The number of carbonyl (C=O) groups is 2. The van der Waals surface area contributed by atoms with Gasteiger partial charge in [0.15, 0.2) is 0 Å². The van der Waals surface area contributed by atoms with Crippen LogP contribution < -0.4 is 0 Å². The van der Waals surface area contributed by atoms with Crippen molar-refractivity contribution < 1.29 is 19.4 Å². The molecule has 0 aromatic heterocycles. The second kappa shape index (κ2) is 7.02. The number of hydrogen-bond acceptors (Lipinski definition) is 3. The molecule has 1 unspecified atom stereocenters. The molecule has 0 aliphatic carbocycles. The molecule has 1 N–H and O–H groups in total. The van der Waals surface area contributed by atoms with Gasteiger partial charge in [-0.15, -0.1) is 0 Å². The molecule has 0 fully saturated rings. The highest BCUT2D eigenvalue weighted by molar-refractivity contribution is 5.80. The van der Waals surface area contributed by atoms with Crippen molar-refractivity contribution in [2.24, 2.45) is 0 Å². The molecule has 126 valence electrons. The summed E-state index contributed by atoms with van der Waals surface area (Å²) in [5.74, 6) is -0.993. The minimum absolute atomic E-state index is 0.310. The average molecular weight is 319 g/mol. The van der Waals surface area contributed by atoms with Crippen molar-refractivity contribution in [1.82, 2.24) is 4.90 Å². The van der Waals surface area contributed by atoms with Crippen LogP contribution in [0.15, 0.2) is 24.3 Å². The predicted octanol–water partition coefficient (Wildman–Crippen LogP) is 3.26. The zero-order valence-electron chi connectivity index (χ0n) is 14.0. The fourth-order valence-corrected chi connectivity index (χ4v) is 2.83. The standard InChI is InChI=1S/C18H25NO4/c1-18(2,3)23-17(22)19-11-7-6-9-13-8-4-5-10-14(13)12-15(19)16(20)21/h4-5,8,10,15H,6-7,9,11-12H2,1-3H3,(H,20,21). The normalized spacial score (nSPS) is 19.1. The molecule has 1 heterocycles. The van der Waals surface area contributed by atoms with Crippen molar-refractivity contribution in [3.05, 3.63) is 35.4 Å². The molecule has 1 aromatic rings. The third-order valence-electron chi connectivity index (χ3n) is 3.92. The maximum atomic E-state index is 12.5. The quantitative estimate of drug-likeness (QED) is 0.863. The van der Waals surface area contributed by atoms with E-state index in [4.69, 9.17) is 4.74 Å². The molecule has 1 atom stereocenters. The Bertz CT molecular complexity index is 577. The van der Waals surface area contributed by atoms with E-state index in [1.54, 1.807) is 20.8 Å². The van der Waals surface area contributed by atoms with Gasteiger partial charge in [0.1, 0.15) is 11.6 Å². The highest BCUT2D eigenvalue weighted by Gasteiger charge is 2.33. The Morgan fingerprint density at radius 3 is 2.43 bits per heavy atom. The largest absolute Gasteiger partial charge is 0.480 e. The fraction of sp³-hybridized carbons (Fsp3) is 0.556. The lowest BCUT2D eigenvalue weighted by Gasteiger charge is -2.31. The smallest absolute Gasteiger partial charge is 0.411 e. The number of hydrogen-bond donors (Lipinski definition) is 1. The molecular formula is C18H25NO4. The number of fused-ring (bicyclic) bond motifs is 1. The van der Waals surface area contributed by atoms with E-state index < -0.39 is 23.7 Å². The summed E-state index contributed by atoms with van der Waals surface area (Å²) in [5.41, 5.74) is 1.52. The van der Waals surface area contributed by atoms with Crippen LogP contribution in [0.2, 0.25) is 0 Å². The van der Waals surface area contributed by atoms with E-state index >= 15 is 0 Å². The second-order valence-corrected chi connectivity index (χ2v) is 6.96. The summed E-state index contributed by atoms with van der Waals surface area (Å²) in [6.45, 7) is 5.75. The molecule has 0 saturated heterocycles. The predicted molar refractivity (Wildman–Crippen MR) is 87.4 cm³/mol. The minimum Gasteiger partial charge on any atom is -0.480 e. The molecule has 1 aromatic carbocycles. The van der Waals surface area contributed by atoms with Crippen LogP contribution in [0, 0.1) is 0 Å². The maximum absolute atomic E-state index is 12.5. The molecule has 0 saturated carbocycles. The number of rotatable bonds is 1.